The first-order valence-corrected chi connectivity index (χ1v) is 6.36. The van der Waals surface area contributed by atoms with Crippen molar-refractivity contribution in [3.05, 3.63) is 42.3 Å². The van der Waals surface area contributed by atoms with E-state index < -0.39 is 0 Å². The summed E-state index contributed by atoms with van der Waals surface area (Å²) >= 11 is 0. The summed E-state index contributed by atoms with van der Waals surface area (Å²) in [6, 6.07) is 10.4. The van der Waals surface area contributed by atoms with Crippen LogP contribution in [0.15, 0.2) is 30.3 Å². The molecule has 1 saturated carbocycles. The van der Waals surface area contributed by atoms with Crippen LogP contribution in [0.2, 0.25) is 0 Å². The first-order valence-electron chi connectivity index (χ1n) is 6.36. The average molecular weight is 316 g/mol. The molecule has 0 unspecified atom stereocenters. The van der Waals surface area contributed by atoms with Gasteiger partial charge in [0.05, 0.1) is 6.10 Å². The molecule has 0 saturated heterocycles. The van der Waals surface area contributed by atoms with E-state index in [2.05, 4.69) is 37.1 Å². The van der Waals surface area contributed by atoms with Gasteiger partial charge in [-0.15, -0.1) is 0 Å². The van der Waals surface area contributed by atoms with Gasteiger partial charge >= 0.3 is 0 Å². The van der Waals surface area contributed by atoms with Gasteiger partial charge in [-0.2, -0.15) is 0 Å². The van der Waals surface area contributed by atoms with Gasteiger partial charge in [-0.25, -0.2) is 0 Å². The number of aryl methyl sites for hydroxylation is 1. The number of rotatable bonds is 3. The molecule has 2 rings (SSSR count). The summed E-state index contributed by atoms with van der Waals surface area (Å²) in [6.07, 6.45) is 9.85. The van der Waals surface area contributed by atoms with Crippen molar-refractivity contribution >= 4 is 0 Å². The van der Waals surface area contributed by atoms with Gasteiger partial charge in [0.2, 0.25) is 0 Å². The van der Waals surface area contributed by atoms with Crippen LogP contribution in [-0.4, -0.2) is 11.2 Å². The number of aliphatic hydroxyl groups is 1. The van der Waals surface area contributed by atoms with Crippen LogP contribution in [-0.2, 0) is 39.1 Å². The van der Waals surface area contributed by atoms with E-state index in [0.29, 0.717) is 11.8 Å². The van der Waals surface area contributed by atoms with E-state index in [0.717, 1.165) is 19.3 Å². The summed E-state index contributed by atoms with van der Waals surface area (Å²) in [7, 11) is 0. The fourth-order valence-corrected chi connectivity index (χ4v) is 2.99. The molecule has 0 amide bonds. The quantitative estimate of drug-likeness (QED) is 0.672. The zero-order valence-electron chi connectivity index (χ0n) is 10.8. The topological polar surface area (TPSA) is 20.2 Å². The number of aliphatic hydroxyl groups excluding tert-OH is 1. The van der Waals surface area contributed by atoms with E-state index in [1.165, 1.54) is 5.56 Å². The third kappa shape index (κ3) is 3.67. The van der Waals surface area contributed by atoms with E-state index in [1.807, 2.05) is 6.07 Å². The molecule has 1 aliphatic carbocycles. The van der Waals surface area contributed by atoms with Gasteiger partial charge in [0.1, 0.15) is 0 Å². The van der Waals surface area contributed by atoms with Crippen LogP contribution in [0.25, 0.3) is 0 Å². The van der Waals surface area contributed by atoms with Crippen LogP contribution < -0.4 is 0 Å². The normalized spacial score (nSPS) is 30.5. The molecule has 0 aromatic heterocycles. The first kappa shape index (κ1) is 15.9. The van der Waals surface area contributed by atoms with Gasteiger partial charge in [0.25, 0.3) is 0 Å². The average Bonchev–Trinajstić information content (AvgIpc) is 2.62. The Morgan fingerprint density at radius 2 is 2.00 bits per heavy atom. The van der Waals surface area contributed by atoms with Crippen molar-refractivity contribution in [3.8, 4) is 5.92 Å². The second kappa shape index (κ2) is 7.44. The fraction of sp³-hybridized carbons (Fsp3) is 0.500. The standard InChI is InChI=1S/C16H19O.Y/c1-3-14-15(12(2)11-16(14)17)10-9-13-7-5-4-6-8-13;/h4-8,12,14-17H,9-11H2,2H3;/q-1;/t12-,14-,15+,16-;/m1./s1. The molecule has 1 N–H and O–H groups in total. The second-order valence-corrected chi connectivity index (χ2v) is 5.14. The third-order valence-electron chi connectivity index (χ3n) is 4.00. The SMILES string of the molecule is [C-]#C[C@@H]1[C@@H](CCc2ccccc2)[C@H](C)C[C@H]1O.[Y]. The fourth-order valence-electron chi connectivity index (χ4n) is 2.99. The third-order valence-corrected chi connectivity index (χ3v) is 4.00. The van der Waals surface area contributed by atoms with Crippen molar-refractivity contribution < 1.29 is 37.8 Å². The maximum absolute atomic E-state index is 9.84. The van der Waals surface area contributed by atoms with Crippen LogP contribution in [0.4, 0.5) is 0 Å². The summed E-state index contributed by atoms with van der Waals surface area (Å²) in [4.78, 5) is 0. The number of hydrogen-bond acceptors (Lipinski definition) is 1. The summed E-state index contributed by atoms with van der Waals surface area (Å²) in [5, 5.41) is 9.84. The predicted molar refractivity (Wildman–Crippen MR) is 68.7 cm³/mol. The Bertz CT molecular complexity index is 395. The maximum Gasteiger partial charge on any atom is 0.0651 e. The maximum atomic E-state index is 9.84. The minimum atomic E-state index is -0.358. The molecule has 1 nitrogen and oxygen atoms in total. The minimum Gasteiger partial charge on any atom is -0.693 e. The van der Waals surface area contributed by atoms with Crippen molar-refractivity contribution in [1.82, 2.24) is 0 Å². The Hall–Kier alpha value is -0.156. The molecule has 1 radical (unpaired) electrons. The Morgan fingerprint density at radius 3 is 2.61 bits per heavy atom. The Morgan fingerprint density at radius 1 is 1.33 bits per heavy atom. The summed E-state index contributed by atoms with van der Waals surface area (Å²) < 4.78 is 0. The van der Waals surface area contributed by atoms with Crippen molar-refractivity contribution in [3.63, 3.8) is 0 Å². The molecule has 0 bridgehead atoms. The van der Waals surface area contributed by atoms with Crippen LogP contribution in [0.5, 0.6) is 0 Å². The van der Waals surface area contributed by atoms with E-state index in [4.69, 9.17) is 6.42 Å². The molecular weight excluding hydrogens is 297 g/mol. The van der Waals surface area contributed by atoms with Gasteiger partial charge in [-0.3, -0.25) is 0 Å². The van der Waals surface area contributed by atoms with E-state index >= 15 is 0 Å². The Balaban J connectivity index is 0.00000162. The zero-order chi connectivity index (χ0) is 12.3. The molecule has 1 fully saturated rings. The van der Waals surface area contributed by atoms with Gasteiger partial charge in [-0.05, 0) is 36.7 Å². The van der Waals surface area contributed by atoms with Gasteiger partial charge in [-0.1, -0.05) is 37.3 Å². The van der Waals surface area contributed by atoms with Gasteiger partial charge in [0, 0.05) is 38.6 Å². The molecule has 0 heterocycles. The molecule has 0 spiro atoms. The van der Waals surface area contributed by atoms with E-state index in [-0.39, 0.29) is 44.7 Å². The molecule has 1 aromatic carbocycles. The van der Waals surface area contributed by atoms with Gasteiger partial charge in [0.15, 0.2) is 0 Å². The Labute approximate surface area is 135 Å². The van der Waals surface area contributed by atoms with E-state index in [9.17, 15) is 5.11 Å². The first-order chi connectivity index (χ1) is 8.22. The summed E-state index contributed by atoms with van der Waals surface area (Å²) in [6.45, 7) is 2.18. The second-order valence-electron chi connectivity index (χ2n) is 5.14. The molecule has 1 aliphatic rings. The summed E-state index contributed by atoms with van der Waals surface area (Å²) in [5.74, 6) is 3.37. The van der Waals surface area contributed by atoms with Crippen LogP contribution >= 0.6 is 0 Å². The molecule has 18 heavy (non-hydrogen) atoms. The number of hydrogen-bond donors (Lipinski definition) is 1. The molecule has 0 aliphatic heterocycles. The molecule has 2 heteroatoms. The van der Waals surface area contributed by atoms with Crippen molar-refractivity contribution in [2.75, 3.05) is 0 Å². The van der Waals surface area contributed by atoms with Crippen LogP contribution in [0.1, 0.15) is 25.3 Å². The van der Waals surface area contributed by atoms with Gasteiger partial charge < -0.3 is 17.5 Å². The predicted octanol–water partition coefficient (Wildman–Crippen LogP) is 2.84. The van der Waals surface area contributed by atoms with Crippen molar-refractivity contribution in [2.24, 2.45) is 17.8 Å². The van der Waals surface area contributed by atoms with Crippen molar-refractivity contribution in [1.29, 1.82) is 0 Å². The number of benzene rings is 1. The largest absolute Gasteiger partial charge is 0.693 e. The monoisotopic (exact) mass is 316 g/mol. The van der Waals surface area contributed by atoms with Crippen LogP contribution in [0, 0.1) is 30.1 Å². The summed E-state index contributed by atoms with van der Waals surface area (Å²) in [5.41, 5.74) is 1.34. The minimum absolute atomic E-state index is 0. The molecule has 93 valence electrons. The van der Waals surface area contributed by atoms with E-state index in [1.54, 1.807) is 0 Å². The Kier molecular flexibility index (Phi) is 6.57. The smallest absolute Gasteiger partial charge is 0.0651 e. The molecule has 1 aromatic rings. The van der Waals surface area contributed by atoms with Crippen LogP contribution in [0.3, 0.4) is 0 Å². The van der Waals surface area contributed by atoms with Crippen molar-refractivity contribution in [2.45, 2.75) is 32.3 Å². The molecule has 4 atom stereocenters. The zero-order valence-corrected chi connectivity index (χ0v) is 13.7. The molecular formula is C16H19OY-.